The van der Waals surface area contributed by atoms with Crippen LogP contribution >= 0.6 is 0 Å². The zero-order chi connectivity index (χ0) is 25.7. The lowest BCUT2D eigenvalue weighted by Gasteiger charge is -2.25. The Bertz CT molecular complexity index is 1350. The quantitative estimate of drug-likeness (QED) is 0.285. The van der Waals surface area contributed by atoms with Gasteiger partial charge in [0.1, 0.15) is 6.07 Å². The highest BCUT2D eigenvalue weighted by atomic mass is 19.4. The molecule has 182 valence electrons. The van der Waals surface area contributed by atoms with Gasteiger partial charge in [-0.25, -0.2) is 0 Å². The predicted octanol–water partition coefficient (Wildman–Crippen LogP) is 8.50. The summed E-state index contributed by atoms with van der Waals surface area (Å²) in [7, 11) is 0. The third kappa shape index (κ3) is 5.36. The molecule has 0 spiro atoms. The standard InChI is InChI=1S/C30H26F3N3/c1-3-36(4-2)29-19-23(21-8-6-5-7-9-21)18-27(28(29)20-34)22-10-14-25(15-11-22)35-26-16-12-24(13-17-26)30(31,32)33/h5-19,35H,3-4H2,1-2H3. The largest absolute Gasteiger partial charge is 0.416 e. The minimum atomic E-state index is -4.36. The molecule has 0 atom stereocenters. The average Bonchev–Trinajstić information content (AvgIpc) is 2.90. The number of alkyl halides is 3. The topological polar surface area (TPSA) is 39.1 Å². The molecule has 0 aliphatic rings. The maximum Gasteiger partial charge on any atom is 0.416 e. The Kier molecular flexibility index (Phi) is 7.30. The van der Waals surface area contributed by atoms with Gasteiger partial charge >= 0.3 is 6.18 Å². The van der Waals surface area contributed by atoms with Gasteiger partial charge in [-0.2, -0.15) is 18.4 Å². The smallest absolute Gasteiger partial charge is 0.371 e. The van der Waals surface area contributed by atoms with Crippen molar-refractivity contribution in [2.45, 2.75) is 20.0 Å². The monoisotopic (exact) mass is 485 g/mol. The molecule has 0 saturated heterocycles. The third-order valence-electron chi connectivity index (χ3n) is 6.14. The van der Waals surface area contributed by atoms with Crippen LogP contribution in [-0.4, -0.2) is 13.1 Å². The van der Waals surface area contributed by atoms with Crippen molar-refractivity contribution in [3.63, 3.8) is 0 Å². The van der Waals surface area contributed by atoms with Gasteiger partial charge in [-0.3, -0.25) is 0 Å². The van der Waals surface area contributed by atoms with Crippen molar-refractivity contribution in [1.29, 1.82) is 5.26 Å². The molecule has 0 radical (unpaired) electrons. The number of hydrogen-bond acceptors (Lipinski definition) is 3. The van der Waals surface area contributed by atoms with Crippen LogP contribution in [0.1, 0.15) is 25.0 Å². The van der Waals surface area contributed by atoms with Crippen LogP contribution in [0.5, 0.6) is 0 Å². The Morgan fingerprint density at radius 3 is 1.86 bits per heavy atom. The molecular weight excluding hydrogens is 459 g/mol. The maximum atomic E-state index is 12.8. The highest BCUT2D eigenvalue weighted by Gasteiger charge is 2.29. The molecule has 4 aromatic carbocycles. The summed E-state index contributed by atoms with van der Waals surface area (Å²) < 4.78 is 38.5. The molecule has 0 aliphatic carbocycles. The van der Waals surface area contributed by atoms with Gasteiger partial charge in [0.25, 0.3) is 0 Å². The van der Waals surface area contributed by atoms with Crippen LogP contribution in [0.15, 0.2) is 91.0 Å². The summed E-state index contributed by atoms with van der Waals surface area (Å²) in [5.41, 5.74) is 5.93. The number of nitriles is 1. The molecular formula is C30H26F3N3. The minimum absolute atomic E-state index is 0.559. The van der Waals surface area contributed by atoms with Gasteiger partial charge in [-0.15, -0.1) is 0 Å². The maximum absolute atomic E-state index is 12.8. The zero-order valence-corrected chi connectivity index (χ0v) is 20.1. The van der Waals surface area contributed by atoms with Gasteiger partial charge in [0.2, 0.25) is 0 Å². The number of benzene rings is 4. The summed E-state index contributed by atoms with van der Waals surface area (Å²) >= 11 is 0. The van der Waals surface area contributed by atoms with Gasteiger partial charge in [0.15, 0.2) is 0 Å². The molecule has 6 heteroatoms. The summed E-state index contributed by atoms with van der Waals surface area (Å²) in [5, 5.41) is 13.3. The average molecular weight is 486 g/mol. The van der Waals surface area contributed by atoms with E-state index in [1.807, 2.05) is 60.7 Å². The molecule has 0 unspecified atom stereocenters. The second kappa shape index (κ2) is 10.6. The van der Waals surface area contributed by atoms with Gasteiger partial charge in [-0.05, 0) is 79.1 Å². The second-order valence-electron chi connectivity index (χ2n) is 8.35. The molecule has 4 rings (SSSR count). The molecule has 0 heterocycles. The fourth-order valence-electron chi connectivity index (χ4n) is 4.23. The summed E-state index contributed by atoms with van der Waals surface area (Å²) in [6.45, 7) is 5.69. The Morgan fingerprint density at radius 2 is 1.33 bits per heavy atom. The minimum Gasteiger partial charge on any atom is -0.371 e. The van der Waals surface area contributed by atoms with Crippen molar-refractivity contribution in [2.75, 3.05) is 23.3 Å². The Labute approximate surface area is 209 Å². The van der Waals surface area contributed by atoms with Crippen molar-refractivity contribution in [1.82, 2.24) is 0 Å². The van der Waals surface area contributed by atoms with Crippen LogP contribution in [-0.2, 0) is 6.18 Å². The third-order valence-corrected chi connectivity index (χ3v) is 6.14. The first-order chi connectivity index (χ1) is 17.3. The van der Waals surface area contributed by atoms with E-state index in [0.717, 1.165) is 58.9 Å². The molecule has 0 amide bonds. The van der Waals surface area contributed by atoms with Crippen LogP contribution in [0.3, 0.4) is 0 Å². The fourth-order valence-corrected chi connectivity index (χ4v) is 4.23. The van der Waals surface area contributed by atoms with Crippen LogP contribution in [0.25, 0.3) is 22.3 Å². The van der Waals surface area contributed by atoms with Crippen molar-refractivity contribution in [2.24, 2.45) is 0 Å². The van der Waals surface area contributed by atoms with Crippen molar-refractivity contribution < 1.29 is 13.2 Å². The first kappa shape index (κ1) is 24.9. The molecule has 3 nitrogen and oxygen atoms in total. The van der Waals surface area contributed by atoms with Gasteiger partial charge in [-0.1, -0.05) is 42.5 Å². The van der Waals surface area contributed by atoms with E-state index in [1.54, 1.807) is 0 Å². The van der Waals surface area contributed by atoms with Gasteiger partial charge in [0, 0.05) is 30.0 Å². The van der Waals surface area contributed by atoms with Gasteiger partial charge in [0.05, 0.1) is 16.8 Å². The first-order valence-electron chi connectivity index (χ1n) is 11.8. The molecule has 36 heavy (non-hydrogen) atoms. The number of nitrogens with zero attached hydrogens (tertiary/aromatic N) is 2. The molecule has 0 fully saturated rings. The summed E-state index contributed by atoms with van der Waals surface area (Å²) in [5.74, 6) is 0. The summed E-state index contributed by atoms with van der Waals surface area (Å²) in [6, 6.07) is 29.1. The van der Waals surface area contributed by atoms with E-state index >= 15 is 0 Å². The van der Waals surface area contributed by atoms with E-state index in [4.69, 9.17) is 0 Å². The SMILES string of the molecule is CCN(CC)c1cc(-c2ccccc2)cc(-c2ccc(Nc3ccc(C(F)(F)F)cc3)cc2)c1C#N. The number of rotatable bonds is 7. The lowest BCUT2D eigenvalue weighted by atomic mass is 9.93. The number of nitrogens with one attached hydrogen (secondary N) is 1. The molecule has 1 N–H and O–H groups in total. The molecule has 0 saturated carbocycles. The van der Waals surface area contributed by atoms with E-state index in [9.17, 15) is 18.4 Å². The van der Waals surface area contributed by atoms with E-state index in [2.05, 4.69) is 36.2 Å². The van der Waals surface area contributed by atoms with Gasteiger partial charge < -0.3 is 10.2 Å². The second-order valence-corrected chi connectivity index (χ2v) is 8.35. The lowest BCUT2D eigenvalue weighted by Crippen LogP contribution is -2.23. The Morgan fingerprint density at radius 1 is 0.750 bits per heavy atom. The van der Waals surface area contributed by atoms with Crippen LogP contribution in [0.4, 0.5) is 30.2 Å². The molecule has 0 aliphatic heterocycles. The van der Waals surface area contributed by atoms with E-state index in [0.29, 0.717) is 11.3 Å². The highest BCUT2D eigenvalue weighted by Crippen LogP contribution is 2.37. The van der Waals surface area contributed by atoms with Crippen LogP contribution in [0, 0.1) is 11.3 Å². The normalized spacial score (nSPS) is 11.1. The fraction of sp³-hybridized carbons (Fsp3) is 0.167. The predicted molar refractivity (Wildman–Crippen MR) is 140 cm³/mol. The van der Waals surface area contributed by atoms with Crippen LogP contribution < -0.4 is 10.2 Å². The van der Waals surface area contributed by atoms with E-state index < -0.39 is 11.7 Å². The summed E-state index contributed by atoms with van der Waals surface area (Å²) in [6.07, 6.45) is -4.36. The first-order valence-corrected chi connectivity index (χ1v) is 11.8. The van der Waals surface area contributed by atoms with Crippen molar-refractivity contribution in [3.8, 4) is 28.3 Å². The van der Waals surface area contributed by atoms with E-state index in [1.165, 1.54) is 12.1 Å². The molecule has 0 aromatic heterocycles. The molecule has 4 aromatic rings. The summed E-state index contributed by atoms with van der Waals surface area (Å²) in [4.78, 5) is 2.18. The zero-order valence-electron chi connectivity index (χ0n) is 20.1. The number of anilines is 3. The van der Waals surface area contributed by atoms with Crippen molar-refractivity contribution >= 4 is 17.1 Å². The lowest BCUT2D eigenvalue weighted by molar-refractivity contribution is -0.137. The highest BCUT2D eigenvalue weighted by molar-refractivity contribution is 5.85. The molecule has 0 bridgehead atoms. The number of hydrogen-bond donors (Lipinski definition) is 1. The van der Waals surface area contributed by atoms with Crippen LogP contribution in [0.2, 0.25) is 0 Å². The Balaban J connectivity index is 1.71. The number of halogens is 3. The Hall–Kier alpha value is -4.24. The van der Waals surface area contributed by atoms with Crippen molar-refractivity contribution in [3.05, 3.63) is 102 Å². The van der Waals surface area contributed by atoms with E-state index in [-0.39, 0.29) is 0 Å².